The third-order valence-corrected chi connectivity index (χ3v) is 4.77. The molecular formula is C16H21N5OS. The number of carbonyl (C=O) groups excluding carboxylic acids is 1. The molecule has 1 aliphatic heterocycles. The predicted molar refractivity (Wildman–Crippen MR) is 89.7 cm³/mol. The molecule has 0 bridgehead atoms. The molecule has 0 aromatic carbocycles. The second-order valence-electron chi connectivity index (χ2n) is 6.06. The number of amides is 1. The third kappa shape index (κ3) is 2.97. The molecule has 2 aromatic heterocycles. The lowest BCUT2D eigenvalue weighted by molar-refractivity contribution is 0.0728. The number of aromatic nitrogens is 4. The molecule has 3 rings (SSSR count). The van der Waals surface area contributed by atoms with E-state index < -0.39 is 0 Å². The zero-order valence-corrected chi connectivity index (χ0v) is 14.7. The number of H-pyrrole nitrogens is 1. The summed E-state index contributed by atoms with van der Waals surface area (Å²) in [5, 5.41) is 7.82. The number of aryl methyl sites for hydroxylation is 1. The van der Waals surface area contributed by atoms with E-state index in [1.54, 1.807) is 6.20 Å². The highest BCUT2D eigenvalue weighted by Gasteiger charge is 2.27. The molecular weight excluding hydrogens is 310 g/mol. The summed E-state index contributed by atoms with van der Waals surface area (Å²) < 4.78 is 0. The van der Waals surface area contributed by atoms with Gasteiger partial charge in [-0.15, -0.1) is 11.8 Å². The number of aromatic amines is 1. The van der Waals surface area contributed by atoms with Crippen LogP contribution in [-0.2, 0) is 13.0 Å². The second kappa shape index (κ2) is 6.31. The fourth-order valence-corrected chi connectivity index (χ4v) is 3.40. The number of hydrogen-bond acceptors (Lipinski definition) is 5. The Balaban J connectivity index is 1.94. The zero-order valence-electron chi connectivity index (χ0n) is 13.9. The van der Waals surface area contributed by atoms with Gasteiger partial charge in [0.05, 0.1) is 17.5 Å². The summed E-state index contributed by atoms with van der Waals surface area (Å²) >= 11 is 1.50. The molecule has 0 atom stereocenters. The molecule has 3 heterocycles. The second-order valence-corrected chi connectivity index (χ2v) is 6.85. The molecule has 7 heteroatoms. The van der Waals surface area contributed by atoms with Crippen molar-refractivity contribution in [3.63, 3.8) is 0 Å². The van der Waals surface area contributed by atoms with Crippen molar-refractivity contribution in [2.45, 2.75) is 44.7 Å². The van der Waals surface area contributed by atoms with E-state index in [0.29, 0.717) is 18.7 Å². The topological polar surface area (TPSA) is 74.8 Å². The quantitative estimate of drug-likeness (QED) is 0.691. The van der Waals surface area contributed by atoms with Gasteiger partial charge >= 0.3 is 0 Å². The highest BCUT2D eigenvalue weighted by molar-refractivity contribution is 7.98. The van der Waals surface area contributed by atoms with E-state index in [2.05, 4.69) is 34.0 Å². The SMILES string of the molecule is CSc1nc(C(C)C)nc(C)c1C(=O)N1CCc2[nH]ncc2C1. The summed E-state index contributed by atoms with van der Waals surface area (Å²) in [4.78, 5) is 24.0. The van der Waals surface area contributed by atoms with E-state index in [1.807, 2.05) is 18.1 Å². The summed E-state index contributed by atoms with van der Waals surface area (Å²) in [5.41, 5.74) is 3.61. The van der Waals surface area contributed by atoms with Crippen molar-refractivity contribution in [1.82, 2.24) is 25.1 Å². The molecule has 0 spiro atoms. The van der Waals surface area contributed by atoms with Crippen LogP contribution in [0.5, 0.6) is 0 Å². The highest BCUT2D eigenvalue weighted by Crippen LogP contribution is 2.26. The number of carbonyl (C=O) groups is 1. The van der Waals surface area contributed by atoms with Gasteiger partial charge in [-0.1, -0.05) is 13.8 Å². The fourth-order valence-electron chi connectivity index (χ4n) is 2.77. The Kier molecular flexibility index (Phi) is 4.39. The number of hydrogen-bond donors (Lipinski definition) is 1. The maximum absolute atomic E-state index is 13.0. The van der Waals surface area contributed by atoms with Crippen molar-refractivity contribution in [1.29, 1.82) is 0 Å². The van der Waals surface area contributed by atoms with Gasteiger partial charge < -0.3 is 4.90 Å². The number of nitrogens with zero attached hydrogens (tertiary/aromatic N) is 4. The largest absolute Gasteiger partial charge is 0.334 e. The third-order valence-electron chi connectivity index (χ3n) is 4.09. The summed E-state index contributed by atoms with van der Waals surface area (Å²) in [5.74, 6) is 1.04. The van der Waals surface area contributed by atoms with E-state index in [1.165, 1.54) is 11.8 Å². The molecule has 0 saturated heterocycles. The van der Waals surface area contributed by atoms with Gasteiger partial charge in [0.15, 0.2) is 0 Å². The summed E-state index contributed by atoms with van der Waals surface area (Å²) in [7, 11) is 0. The number of fused-ring (bicyclic) bond motifs is 1. The molecule has 6 nitrogen and oxygen atoms in total. The number of thioether (sulfide) groups is 1. The summed E-state index contributed by atoms with van der Waals surface area (Å²) in [6.07, 6.45) is 4.56. The van der Waals surface area contributed by atoms with Crippen molar-refractivity contribution in [3.8, 4) is 0 Å². The molecule has 23 heavy (non-hydrogen) atoms. The van der Waals surface area contributed by atoms with Gasteiger partial charge in [-0.05, 0) is 13.2 Å². The summed E-state index contributed by atoms with van der Waals surface area (Å²) in [6.45, 7) is 7.29. The van der Waals surface area contributed by atoms with E-state index in [9.17, 15) is 4.79 Å². The minimum absolute atomic E-state index is 0.00834. The van der Waals surface area contributed by atoms with Crippen LogP contribution in [0.3, 0.4) is 0 Å². The van der Waals surface area contributed by atoms with E-state index >= 15 is 0 Å². The lowest BCUT2D eigenvalue weighted by atomic mass is 10.1. The van der Waals surface area contributed by atoms with Gasteiger partial charge in [0, 0.05) is 36.7 Å². The molecule has 1 aliphatic rings. The van der Waals surface area contributed by atoms with Crippen LogP contribution < -0.4 is 0 Å². The van der Waals surface area contributed by atoms with Gasteiger partial charge in [0.2, 0.25) is 0 Å². The predicted octanol–water partition coefficient (Wildman–Crippen LogP) is 2.55. The molecule has 2 aromatic rings. The maximum Gasteiger partial charge on any atom is 0.258 e. The Hall–Kier alpha value is -1.89. The molecule has 1 N–H and O–H groups in total. The Bertz CT molecular complexity index is 740. The molecule has 0 unspecified atom stereocenters. The lowest BCUT2D eigenvalue weighted by Crippen LogP contribution is -2.36. The smallest absolute Gasteiger partial charge is 0.258 e. The number of nitrogens with one attached hydrogen (secondary N) is 1. The Morgan fingerprint density at radius 1 is 1.39 bits per heavy atom. The summed E-state index contributed by atoms with van der Waals surface area (Å²) in [6, 6.07) is 0. The van der Waals surface area contributed by atoms with Crippen molar-refractivity contribution in [3.05, 3.63) is 34.5 Å². The van der Waals surface area contributed by atoms with Gasteiger partial charge in [-0.25, -0.2) is 9.97 Å². The van der Waals surface area contributed by atoms with Crippen LogP contribution in [0.1, 0.15) is 52.9 Å². The van der Waals surface area contributed by atoms with Crippen molar-refractivity contribution >= 4 is 17.7 Å². The number of rotatable bonds is 3. The van der Waals surface area contributed by atoms with Crippen LogP contribution in [0.4, 0.5) is 0 Å². The lowest BCUT2D eigenvalue weighted by Gasteiger charge is -2.27. The van der Waals surface area contributed by atoms with Crippen molar-refractivity contribution in [2.24, 2.45) is 0 Å². The van der Waals surface area contributed by atoms with Crippen LogP contribution in [0.15, 0.2) is 11.2 Å². The van der Waals surface area contributed by atoms with Crippen LogP contribution in [0, 0.1) is 6.92 Å². The first-order valence-electron chi connectivity index (χ1n) is 7.74. The normalized spacial score (nSPS) is 14.2. The van der Waals surface area contributed by atoms with E-state index in [0.717, 1.165) is 34.2 Å². The first kappa shape index (κ1) is 16.0. The molecule has 0 radical (unpaired) electrons. The van der Waals surface area contributed by atoms with E-state index in [4.69, 9.17) is 0 Å². The zero-order chi connectivity index (χ0) is 16.6. The average Bonchev–Trinajstić information content (AvgIpc) is 3.00. The average molecular weight is 331 g/mol. The van der Waals surface area contributed by atoms with Crippen LogP contribution in [-0.4, -0.2) is 43.8 Å². The minimum atomic E-state index is 0.00834. The van der Waals surface area contributed by atoms with E-state index in [-0.39, 0.29) is 11.8 Å². The van der Waals surface area contributed by atoms with Gasteiger partial charge in [-0.3, -0.25) is 9.89 Å². The molecule has 122 valence electrons. The molecule has 0 saturated carbocycles. The van der Waals surface area contributed by atoms with Gasteiger partial charge in [-0.2, -0.15) is 5.10 Å². The maximum atomic E-state index is 13.0. The van der Waals surface area contributed by atoms with Crippen LogP contribution in [0.25, 0.3) is 0 Å². The standard InChI is InChI=1S/C16H21N5OS/c1-9(2)14-18-10(3)13(15(19-14)23-4)16(22)21-6-5-12-11(8-21)7-17-20-12/h7,9H,5-6,8H2,1-4H3,(H,17,20). The highest BCUT2D eigenvalue weighted by atomic mass is 32.2. The Labute approximate surface area is 140 Å². The Morgan fingerprint density at radius 2 is 2.17 bits per heavy atom. The van der Waals surface area contributed by atoms with Crippen molar-refractivity contribution in [2.75, 3.05) is 12.8 Å². The fraction of sp³-hybridized carbons (Fsp3) is 0.500. The monoisotopic (exact) mass is 331 g/mol. The molecule has 0 fully saturated rings. The minimum Gasteiger partial charge on any atom is -0.334 e. The first-order chi connectivity index (χ1) is 11.0. The van der Waals surface area contributed by atoms with Gasteiger partial charge in [0.1, 0.15) is 10.9 Å². The van der Waals surface area contributed by atoms with Crippen LogP contribution >= 0.6 is 11.8 Å². The molecule has 0 aliphatic carbocycles. The van der Waals surface area contributed by atoms with Crippen molar-refractivity contribution < 1.29 is 4.79 Å². The Morgan fingerprint density at radius 3 is 2.87 bits per heavy atom. The molecule has 1 amide bonds. The van der Waals surface area contributed by atoms with Gasteiger partial charge in [0.25, 0.3) is 5.91 Å². The van der Waals surface area contributed by atoms with Crippen LogP contribution in [0.2, 0.25) is 0 Å². The first-order valence-corrected chi connectivity index (χ1v) is 8.96.